The maximum atomic E-state index is 12.9. The molecule has 1 N–H and O–H groups in total. The summed E-state index contributed by atoms with van der Waals surface area (Å²) in [4.78, 5) is 21.6. The molecule has 0 aliphatic carbocycles. The summed E-state index contributed by atoms with van der Waals surface area (Å²) in [5, 5.41) is 5.47. The van der Waals surface area contributed by atoms with Crippen LogP contribution in [0.3, 0.4) is 0 Å². The molecule has 8 heteroatoms. The molecule has 0 saturated carbocycles. The normalized spacial score (nSPS) is 11.3. The lowest BCUT2D eigenvalue weighted by atomic mass is 9.91. The van der Waals surface area contributed by atoms with Crippen LogP contribution in [0.1, 0.15) is 35.6 Å². The standard InChI is InChI=1S/C24H23BrN4O2S/c1-24(2,16-31-20-8-4-3-6-18(20)25)21-15-32-23(27-21)28-22(30)19-7-5-13-29(19)14-17-9-11-26-12-10-17/h3-13,15H,14,16H2,1-2H3,(H,27,28,30). The van der Waals surface area contributed by atoms with Gasteiger partial charge in [0.1, 0.15) is 11.4 Å². The van der Waals surface area contributed by atoms with E-state index in [2.05, 4.69) is 45.1 Å². The van der Waals surface area contributed by atoms with Crippen LogP contribution in [0.5, 0.6) is 5.75 Å². The van der Waals surface area contributed by atoms with Crippen LogP contribution < -0.4 is 10.1 Å². The number of para-hydroxylation sites is 1. The van der Waals surface area contributed by atoms with Gasteiger partial charge in [-0.2, -0.15) is 0 Å². The summed E-state index contributed by atoms with van der Waals surface area (Å²) < 4.78 is 8.83. The van der Waals surface area contributed by atoms with Crippen molar-refractivity contribution in [1.29, 1.82) is 0 Å². The predicted octanol–water partition coefficient (Wildman–Crippen LogP) is 5.76. The number of anilines is 1. The summed E-state index contributed by atoms with van der Waals surface area (Å²) >= 11 is 4.92. The third kappa shape index (κ3) is 5.26. The maximum absolute atomic E-state index is 12.9. The van der Waals surface area contributed by atoms with E-state index in [0.29, 0.717) is 24.0 Å². The summed E-state index contributed by atoms with van der Waals surface area (Å²) in [5.41, 5.74) is 2.21. The average molecular weight is 511 g/mol. The van der Waals surface area contributed by atoms with E-state index in [1.165, 1.54) is 11.3 Å². The minimum absolute atomic E-state index is 0.188. The number of carbonyl (C=O) groups excluding carboxylic acids is 1. The summed E-state index contributed by atoms with van der Waals surface area (Å²) in [5.74, 6) is 0.603. The highest BCUT2D eigenvalue weighted by molar-refractivity contribution is 9.10. The van der Waals surface area contributed by atoms with Crippen molar-refractivity contribution in [3.8, 4) is 5.75 Å². The lowest BCUT2D eigenvalue weighted by Gasteiger charge is -2.23. The second-order valence-electron chi connectivity index (χ2n) is 7.97. The first kappa shape index (κ1) is 22.2. The van der Waals surface area contributed by atoms with Crippen LogP contribution in [0.2, 0.25) is 0 Å². The number of ether oxygens (including phenoxy) is 1. The highest BCUT2D eigenvalue weighted by Gasteiger charge is 2.26. The van der Waals surface area contributed by atoms with E-state index in [1.54, 1.807) is 18.5 Å². The number of hydrogen-bond acceptors (Lipinski definition) is 5. The molecule has 1 amide bonds. The van der Waals surface area contributed by atoms with Crippen molar-refractivity contribution in [1.82, 2.24) is 14.5 Å². The zero-order valence-corrected chi connectivity index (χ0v) is 20.2. The van der Waals surface area contributed by atoms with Gasteiger partial charge in [0.05, 0.1) is 16.8 Å². The Labute approximate surface area is 199 Å². The molecule has 1 aromatic carbocycles. The number of thiazole rings is 1. The van der Waals surface area contributed by atoms with Crippen molar-refractivity contribution in [3.63, 3.8) is 0 Å². The number of carbonyl (C=O) groups is 1. The topological polar surface area (TPSA) is 69.0 Å². The molecular weight excluding hydrogens is 488 g/mol. The highest BCUT2D eigenvalue weighted by atomic mass is 79.9. The molecule has 0 unspecified atom stereocenters. The van der Waals surface area contributed by atoms with E-state index in [9.17, 15) is 4.79 Å². The van der Waals surface area contributed by atoms with Crippen molar-refractivity contribution in [2.24, 2.45) is 0 Å². The molecule has 4 rings (SSSR count). The van der Waals surface area contributed by atoms with Gasteiger partial charge in [-0.3, -0.25) is 15.1 Å². The third-order valence-electron chi connectivity index (χ3n) is 5.01. The van der Waals surface area contributed by atoms with Crippen molar-refractivity contribution >= 4 is 38.3 Å². The second-order valence-corrected chi connectivity index (χ2v) is 9.68. The Kier molecular flexibility index (Phi) is 6.72. The maximum Gasteiger partial charge on any atom is 0.274 e. The monoisotopic (exact) mass is 510 g/mol. The van der Waals surface area contributed by atoms with E-state index >= 15 is 0 Å². The Morgan fingerprint density at radius 2 is 1.94 bits per heavy atom. The molecule has 164 valence electrons. The first-order valence-electron chi connectivity index (χ1n) is 10.1. The van der Waals surface area contributed by atoms with E-state index in [1.807, 2.05) is 58.6 Å². The zero-order valence-electron chi connectivity index (χ0n) is 17.8. The second kappa shape index (κ2) is 9.67. The van der Waals surface area contributed by atoms with Crippen LogP contribution in [-0.4, -0.2) is 27.0 Å². The van der Waals surface area contributed by atoms with Crippen molar-refractivity contribution in [2.75, 3.05) is 11.9 Å². The molecule has 0 bridgehead atoms. The Balaban J connectivity index is 1.41. The van der Waals surface area contributed by atoms with Gasteiger partial charge in [-0.1, -0.05) is 26.0 Å². The van der Waals surface area contributed by atoms with E-state index in [-0.39, 0.29) is 11.3 Å². The summed E-state index contributed by atoms with van der Waals surface area (Å²) in [6.07, 6.45) is 5.39. The van der Waals surface area contributed by atoms with Crippen LogP contribution in [0.15, 0.2) is 77.0 Å². The fourth-order valence-electron chi connectivity index (χ4n) is 3.14. The van der Waals surface area contributed by atoms with Gasteiger partial charge in [-0.15, -0.1) is 11.3 Å². The molecule has 0 aliphatic rings. The van der Waals surface area contributed by atoms with Crippen LogP contribution >= 0.6 is 27.3 Å². The fourth-order valence-corrected chi connectivity index (χ4v) is 4.44. The minimum atomic E-state index is -0.323. The summed E-state index contributed by atoms with van der Waals surface area (Å²) in [6.45, 7) is 5.21. The van der Waals surface area contributed by atoms with E-state index in [4.69, 9.17) is 4.74 Å². The molecule has 4 aromatic rings. The van der Waals surface area contributed by atoms with Crippen LogP contribution in [-0.2, 0) is 12.0 Å². The van der Waals surface area contributed by atoms with Gasteiger partial charge in [0.25, 0.3) is 5.91 Å². The number of rotatable bonds is 8. The fraction of sp³-hybridized carbons (Fsp3) is 0.208. The number of hydrogen-bond donors (Lipinski definition) is 1. The molecule has 6 nitrogen and oxygen atoms in total. The Morgan fingerprint density at radius 3 is 2.72 bits per heavy atom. The van der Waals surface area contributed by atoms with E-state index < -0.39 is 0 Å². The Bertz CT molecular complexity index is 1200. The van der Waals surface area contributed by atoms with Gasteiger partial charge in [0.2, 0.25) is 0 Å². The lowest BCUT2D eigenvalue weighted by Crippen LogP contribution is -2.27. The SMILES string of the molecule is CC(C)(COc1ccccc1Br)c1csc(NC(=O)c2cccn2Cc2ccncc2)n1. The largest absolute Gasteiger partial charge is 0.491 e. The molecule has 32 heavy (non-hydrogen) atoms. The first-order valence-corrected chi connectivity index (χ1v) is 11.8. The van der Waals surface area contributed by atoms with Gasteiger partial charge >= 0.3 is 0 Å². The molecule has 0 saturated heterocycles. The van der Waals surface area contributed by atoms with Gasteiger partial charge in [0, 0.05) is 35.9 Å². The number of nitrogens with one attached hydrogen (secondary N) is 1. The smallest absolute Gasteiger partial charge is 0.274 e. The molecule has 3 aromatic heterocycles. The Morgan fingerprint density at radius 1 is 1.16 bits per heavy atom. The number of amides is 1. The number of benzene rings is 1. The van der Waals surface area contributed by atoms with Crippen molar-refractivity contribution < 1.29 is 9.53 Å². The number of nitrogens with zero attached hydrogens (tertiary/aromatic N) is 3. The molecular formula is C24H23BrN4O2S. The zero-order chi connectivity index (χ0) is 22.6. The quantitative estimate of drug-likeness (QED) is 0.327. The van der Waals surface area contributed by atoms with Crippen LogP contribution in [0.4, 0.5) is 5.13 Å². The molecule has 0 atom stereocenters. The number of pyridine rings is 1. The number of aromatic nitrogens is 3. The van der Waals surface area contributed by atoms with Gasteiger partial charge in [-0.05, 0) is 57.9 Å². The Hall–Kier alpha value is -2.97. The van der Waals surface area contributed by atoms with Gasteiger partial charge in [0.15, 0.2) is 5.13 Å². The third-order valence-corrected chi connectivity index (χ3v) is 6.42. The average Bonchev–Trinajstić information content (AvgIpc) is 3.44. The molecule has 0 fully saturated rings. The van der Waals surface area contributed by atoms with Crippen LogP contribution in [0.25, 0.3) is 0 Å². The van der Waals surface area contributed by atoms with Gasteiger partial charge in [-0.25, -0.2) is 4.98 Å². The van der Waals surface area contributed by atoms with Crippen molar-refractivity contribution in [3.05, 3.63) is 93.9 Å². The highest BCUT2D eigenvalue weighted by Crippen LogP contribution is 2.30. The molecule has 0 spiro atoms. The first-order chi connectivity index (χ1) is 15.4. The summed E-state index contributed by atoms with van der Waals surface area (Å²) in [6, 6.07) is 15.3. The molecule has 0 radical (unpaired) electrons. The lowest BCUT2D eigenvalue weighted by molar-refractivity contribution is 0.101. The molecule has 3 heterocycles. The van der Waals surface area contributed by atoms with Crippen molar-refractivity contribution in [2.45, 2.75) is 25.8 Å². The van der Waals surface area contributed by atoms with Crippen LogP contribution in [0, 0.1) is 0 Å². The van der Waals surface area contributed by atoms with E-state index in [0.717, 1.165) is 21.5 Å². The summed E-state index contributed by atoms with van der Waals surface area (Å²) in [7, 11) is 0. The van der Waals surface area contributed by atoms with Gasteiger partial charge < -0.3 is 9.30 Å². The number of halogens is 1. The predicted molar refractivity (Wildman–Crippen MR) is 131 cm³/mol. The minimum Gasteiger partial charge on any atom is -0.491 e. The molecule has 0 aliphatic heterocycles.